The lowest BCUT2D eigenvalue weighted by atomic mass is 10.2. The van der Waals surface area contributed by atoms with Gasteiger partial charge in [-0.05, 0) is 18.6 Å². The molecule has 0 saturated heterocycles. The number of imidazole rings is 1. The third-order valence-corrected chi connectivity index (χ3v) is 5.20. The van der Waals surface area contributed by atoms with E-state index in [2.05, 4.69) is 9.97 Å². The Morgan fingerprint density at radius 1 is 1.32 bits per heavy atom. The van der Waals surface area contributed by atoms with Crippen LogP contribution in [0.15, 0.2) is 51.2 Å². The van der Waals surface area contributed by atoms with Gasteiger partial charge < -0.3 is 4.57 Å². The fourth-order valence-electron chi connectivity index (χ4n) is 2.46. The van der Waals surface area contributed by atoms with Crippen LogP contribution in [0.4, 0.5) is 0 Å². The Labute approximate surface area is 153 Å². The van der Waals surface area contributed by atoms with Gasteiger partial charge in [0.25, 0.3) is 5.56 Å². The minimum Gasteiger partial charge on any atom is -0.309 e. The fraction of sp³-hybridized carbons (Fsp3) is 0.235. The highest BCUT2D eigenvalue weighted by atomic mass is 35.5. The molecule has 8 heteroatoms. The van der Waals surface area contributed by atoms with Crippen LogP contribution >= 0.6 is 23.4 Å². The van der Waals surface area contributed by atoms with E-state index >= 15 is 0 Å². The van der Waals surface area contributed by atoms with E-state index in [-0.39, 0.29) is 0 Å². The summed E-state index contributed by atoms with van der Waals surface area (Å²) in [5.41, 5.74) is 0.846. The van der Waals surface area contributed by atoms with E-state index in [0.717, 1.165) is 5.56 Å². The molecule has 0 aliphatic rings. The van der Waals surface area contributed by atoms with Gasteiger partial charge in [0.05, 0.1) is 0 Å². The monoisotopic (exact) mass is 376 g/mol. The number of thioether (sulfide) groups is 1. The third-order valence-electron chi connectivity index (χ3n) is 3.81. The highest BCUT2D eigenvalue weighted by Gasteiger charge is 2.17. The molecule has 0 atom stereocenters. The van der Waals surface area contributed by atoms with Crippen LogP contribution in [0.2, 0.25) is 5.02 Å². The van der Waals surface area contributed by atoms with Crippen molar-refractivity contribution in [1.29, 1.82) is 0 Å². The summed E-state index contributed by atoms with van der Waals surface area (Å²) in [5, 5.41) is 1.36. The Kier molecular flexibility index (Phi) is 5.15. The maximum Gasteiger partial charge on any atom is 0.329 e. The number of allylic oxidation sites excluding steroid dienone is 2. The number of hydrogen-bond donors (Lipinski definition) is 1. The Morgan fingerprint density at radius 2 is 2.08 bits per heavy atom. The smallest absolute Gasteiger partial charge is 0.309 e. The lowest BCUT2D eigenvalue weighted by molar-refractivity contribution is 0.743. The van der Waals surface area contributed by atoms with E-state index < -0.39 is 11.2 Å². The second-order valence-electron chi connectivity index (χ2n) is 5.44. The first-order chi connectivity index (χ1) is 12.0. The van der Waals surface area contributed by atoms with E-state index in [1.54, 1.807) is 7.05 Å². The van der Waals surface area contributed by atoms with Gasteiger partial charge in [0.2, 0.25) is 0 Å². The first kappa shape index (κ1) is 17.6. The highest BCUT2D eigenvalue weighted by molar-refractivity contribution is 7.98. The molecule has 2 heterocycles. The molecule has 0 bridgehead atoms. The maximum atomic E-state index is 12.3. The van der Waals surface area contributed by atoms with Crippen molar-refractivity contribution in [3.05, 3.63) is 67.8 Å². The van der Waals surface area contributed by atoms with Gasteiger partial charge in [-0.15, -0.1) is 0 Å². The molecule has 3 rings (SSSR count). The summed E-state index contributed by atoms with van der Waals surface area (Å²) in [6, 6.07) is 7.61. The van der Waals surface area contributed by atoms with Crippen LogP contribution in [-0.2, 0) is 19.3 Å². The van der Waals surface area contributed by atoms with Crippen LogP contribution < -0.4 is 11.2 Å². The van der Waals surface area contributed by atoms with Gasteiger partial charge in [-0.1, -0.05) is 53.7 Å². The molecule has 0 amide bonds. The molecule has 25 heavy (non-hydrogen) atoms. The number of fused-ring (bicyclic) bond motifs is 1. The summed E-state index contributed by atoms with van der Waals surface area (Å²) < 4.78 is 3.16. The molecule has 0 aliphatic heterocycles. The molecule has 1 aromatic carbocycles. The summed E-state index contributed by atoms with van der Waals surface area (Å²) in [7, 11) is 1.59. The Morgan fingerprint density at radius 3 is 2.80 bits per heavy atom. The van der Waals surface area contributed by atoms with Crippen molar-refractivity contribution in [3.63, 3.8) is 0 Å². The van der Waals surface area contributed by atoms with Crippen molar-refractivity contribution in [2.24, 2.45) is 7.05 Å². The number of aromatic amines is 1. The molecule has 6 nitrogen and oxygen atoms in total. The van der Waals surface area contributed by atoms with Gasteiger partial charge >= 0.3 is 5.69 Å². The number of halogens is 1. The second kappa shape index (κ2) is 7.33. The minimum atomic E-state index is -0.476. The number of benzene rings is 1. The van der Waals surface area contributed by atoms with Gasteiger partial charge in [-0.3, -0.25) is 14.3 Å². The molecule has 3 aromatic rings. The molecule has 0 unspecified atom stereocenters. The third kappa shape index (κ3) is 3.43. The Bertz CT molecular complexity index is 1060. The van der Waals surface area contributed by atoms with E-state index in [4.69, 9.17) is 11.6 Å². The molecule has 2 aromatic heterocycles. The van der Waals surface area contributed by atoms with Crippen molar-refractivity contribution < 1.29 is 0 Å². The van der Waals surface area contributed by atoms with Crippen molar-refractivity contribution in [2.75, 3.05) is 0 Å². The van der Waals surface area contributed by atoms with Crippen molar-refractivity contribution in [2.45, 2.75) is 24.4 Å². The number of aromatic nitrogens is 4. The van der Waals surface area contributed by atoms with Gasteiger partial charge in [-0.2, -0.15) is 0 Å². The van der Waals surface area contributed by atoms with Gasteiger partial charge in [-0.25, -0.2) is 9.78 Å². The van der Waals surface area contributed by atoms with E-state index in [0.29, 0.717) is 33.6 Å². The summed E-state index contributed by atoms with van der Waals surface area (Å²) in [5.74, 6) is 0.616. The normalized spacial score (nSPS) is 11.6. The largest absolute Gasteiger partial charge is 0.329 e. The summed E-state index contributed by atoms with van der Waals surface area (Å²) in [4.78, 5) is 31.0. The van der Waals surface area contributed by atoms with Crippen LogP contribution in [0.3, 0.4) is 0 Å². The number of rotatable bonds is 5. The maximum absolute atomic E-state index is 12.3. The molecular weight excluding hydrogens is 360 g/mol. The average molecular weight is 377 g/mol. The van der Waals surface area contributed by atoms with E-state index in [1.807, 2.05) is 47.9 Å². The van der Waals surface area contributed by atoms with Crippen LogP contribution in [0.1, 0.15) is 12.5 Å². The summed E-state index contributed by atoms with van der Waals surface area (Å²) in [6.07, 6.45) is 3.84. The zero-order chi connectivity index (χ0) is 18.0. The topological polar surface area (TPSA) is 72.7 Å². The standard InChI is InChI=1S/C17H17ClN4O2S/c1-3-4-9-22-13-14(21(2)16(24)20-15(13)23)19-17(22)25-10-11-7-5-6-8-12(11)18/h3-8H,9-10H2,1-2H3,(H,20,23,24)/b4-3+. The molecule has 0 saturated carbocycles. The van der Waals surface area contributed by atoms with Crippen LogP contribution in [-0.4, -0.2) is 19.1 Å². The lowest BCUT2D eigenvalue weighted by Gasteiger charge is -2.06. The Balaban J connectivity index is 2.09. The van der Waals surface area contributed by atoms with Gasteiger partial charge in [0, 0.05) is 24.4 Å². The molecule has 1 N–H and O–H groups in total. The molecular formula is C17H17ClN4O2S. The van der Waals surface area contributed by atoms with Crippen LogP contribution in [0.25, 0.3) is 11.2 Å². The first-order valence-electron chi connectivity index (χ1n) is 7.69. The van der Waals surface area contributed by atoms with Gasteiger partial charge in [0.1, 0.15) is 0 Å². The van der Waals surface area contributed by atoms with Crippen molar-refractivity contribution in [3.8, 4) is 0 Å². The van der Waals surface area contributed by atoms with Crippen LogP contribution in [0, 0.1) is 0 Å². The highest BCUT2D eigenvalue weighted by Crippen LogP contribution is 2.27. The molecule has 0 spiro atoms. The number of aryl methyl sites for hydroxylation is 1. The second-order valence-corrected chi connectivity index (χ2v) is 6.79. The van der Waals surface area contributed by atoms with Crippen molar-refractivity contribution in [1.82, 2.24) is 19.1 Å². The predicted octanol–water partition coefficient (Wildman–Crippen LogP) is 2.95. The molecule has 0 aliphatic carbocycles. The first-order valence-corrected chi connectivity index (χ1v) is 9.06. The quantitative estimate of drug-likeness (QED) is 0.549. The number of nitrogens with one attached hydrogen (secondary N) is 1. The molecule has 130 valence electrons. The van der Waals surface area contributed by atoms with Crippen LogP contribution in [0.5, 0.6) is 0 Å². The average Bonchev–Trinajstić information content (AvgIpc) is 2.96. The number of nitrogens with zero attached hydrogens (tertiary/aromatic N) is 3. The Hall–Kier alpha value is -2.25. The summed E-state index contributed by atoms with van der Waals surface area (Å²) >= 11 is 7.69. The minimum absolute atomic E-state index is 0.375. The van der Waals surface area contributed by atoms with E-state index in [9.17, 15) is 9.59 Å². The molecule has 0 radical (unpaired) electrons. The lowest BCUT2D eigenvalue weighted by Crippen LogP contribution is -2.29. The number of hydrogen-bond acceptors (Lipinski definition) is 4. The van der Waals surface area contributed by atoms with E-state index in [1.165, 1.54) is 16.3 Å². The zero-order valence-corrected chi connectivity index (χ0v) is 15.4. The SMILES string of the molecule is C/C=C/Cn1c(SCc2ccccc2Cl)nc2c1c(=O)[nH]c(=O)n2C. The molecule has 0 fully saturated rings. The van der Waals surface area contributed by atoms with Gasteiger partial charge in [0.15, 0.2) is 16.3 Å². The number of H-pyrrole nitrogens is 1. The predicted molar refractivity (Wildman–Crippen MR) is 101 cm³/mol. The summed E-state index contributed by atoms with van der Waals surface area (Å²) in [6.45, 7) is 2.41. The fourth-order valence-corrected chi connectivity index (χ4v) is 3.75. The zero-order valence-electron chi connectivity index (χ0n) is 13.8. The van der Waals surface area contributed by atoms with Crippen molar-refractivity contribution >= 4 is 34.5 Å².